The molecule has 1 aromatic rings. The van der Waals surface area contributed by atoms with Crippen molar-refractivity contribution in [3.05, 3.63) is 24.2 Å². The fourth-order valence-corrected chi connectivity index (χ4v) is 2.04. The minimum absolute atomic E-state index is 0.00694. The van der Waals surface area contributed by atoms with E-state index in [1.165, 1.54) is 0 Å². The van der Waals surface area contributed by atoms with E-state index in [2.05, 4.69) is 0 Å². The number of carboxylic acids is 1. The monoisotopic (exact) mass is 195 g/mol. The van der Waals surface area contributed by atoms with E-state index in [4.69, 9.17) is 9.52 Å². The molecule has 1 aromatic heterocycles. The number of furan rings is 1. The molecule has 0 amide bonds. The van der Waals surface area contributed by atoms with Crippen molar-refractivity contribution in [2.75, 3.05) is 20.1 Å². The van der Waals surface area contributed by atoms with Gasteiger partial charge in [-0.3, -0.25) is 4.79 Å². The molecule has 1 fully saturated rings. The Hall–Kier alpha value is -1.29. The zero-order valence-corrected chi connectivity index (χ0v) is 8.01. The third-order valence-electron chi connectivity index (χ3n) is 2.73. The van der Waals surface area contributed by atoms with Gasteiger partial charge in [-0.2, -0.15) is 0 Å². The topological polar surface area (TPSA) is 53.7 Å². The van der Waals surface area contributed by atoms with Gasteiger partial charge in [0.2, 0.25) is 0 Å². The Kier molecular flexibility index (Phi) is 2.29. The van der Waals surface area contributed by atoms with E-state index in [1.807, 2.05) is 18.0 Å². The standard InChI is InChI=1S/C10H13NO3/c1-11-5-7(8(6-11)10(12)13)9-3-2-4-14-9/h2-4,7-8H,5-6H2,1H3,(H,12,13)/t7-,8+/m0/s1. The summed E-state index contributed by atoms with van der Waals surface area (Å²) in [6.45, 7) is 1.35. The number of nitrogens with zero attached hydrogens (tertiary/aromatic N) is 1. The maximum atomic E-state index is 11.0. The van der Waals surface area contributed by atoms with Gasteiger partial charge in [-0.25, -0.2) is 0 Å². The van der Waals surface area contributed by atoms with Gasteiger partial charge in [-0.15, -0.1) is 0 Å². The highest BCUT2D eigenvalue weighted by Crippen LogP contribution is 2.32. The summed E-state index contributed by atoms with van der Waals surface area (Å²) in [6.07, 6.45) is 1.59. The Morgan fingerprint density at radius 3 is 3.00 bits per heavy atom. The fraction of sp³-hybridized carbons (Fsp3) is 0.500. The lowest BCUT2D eigenvalue weighted by Gasteiger charge is -2.10. The van der Waals surface area contributed by atoms with Crippen LogP contribution in [0.3, 0.4) is 0 Å². The van der Waals surface area contributed by atoms with Crippen LogP contribution in [-0.4, -0.2) is 36.1 Å². The number of likely N-dealkylation sites (N-methyl/N-ethyl adjacent to an activating group) is 1. The molecule has 1 N–H and O–H groups in total. The molecule has 4 heteroatoms. The largest absolute Gasteiger partial charge is 0.481 e. The molecule has 0 radical (unpaired) electrons. The predicted octanol–water partition coefficient (Wildman–Crippen LogP) is 1.01. The molecule has 4 nitrogen and oxygen atoms in total. The Bertz CT molecular complexity index is 320. The van der Waals surface area contributed by atoms with Gasteiger partial charge >= 0.3 is 5.97 Å². The van der Waals surface area contributed by atoms with Gasteiger partial charge in [-0.1, -0.05) is 0 Å². The number of rotatable bonds is 2. The third-order valence-corrected chi connectivity index (χ3v) is 2.73. The van der Waals surface area contributed by atoms with Crippen LogP contribution >= 0.6 is 0 Å². The SMILES string of the molecule is CN1C[C@H](c2ccco2)[C@H](C(=O)O)C1. The molecule has 14 heavy (non-hydrogen) atoms. The molecule has 0 bridgehead atoms. The summed E-state index contributed by atoms with van der Waals surface area (Å²) < 4.78 is 5.26. The number of hydrogen-bond acceptors (Lipinski definition) is 3. The molecule has 1 saturated heterocycles. The highest BCUT2D eigenvalue weighted by molar-refractivity contribution is 5.72. The van der Waals surface area contributed by atoms with Gasteiger partial charge < -0.3 is 14.4 Å². The van der Waals surface area contributed by atoms with Crippen molar-refractivity contribution >= 4 is 5.97 Å². The van der Waals surface area contributed by atoms with Crippen LogP contribution in [0.15, 0.2) is 22.8 Å². The maximum absolute atomic E-state index is 11.0. The summed E-state index contributed by atoms with van der Waals surface area (Å²) in [5, 5.41) is 9.03. The van der Waals surface area contributed by atoms with E-state index in [0.29, 0.717) is 6.54 Å². The molecule has 0 spiro atoms. The Morgan fingerprint density at radius 1 is 1.64 bits per heavy atom. The molecule has 2 rings (SSSR count). The summed E-state index contributed by atoms with van der Waals surface area (Å²) in [6, 6.07) is 3.65. The van der Waals surface area contributed by atoms with E-state index >= 15 is 0 Å². The van der Waals surface area contributed by atoms with Crippen LogP contribution in [-0.2, 0) is 4.79 Å². The van der Waals surface area contributed by atoms with Crippen molar-refractivity contribution in [3.8, 4) is 0 Å². The number of carboxylic acid groups (broad SMARTS) is 1. The molecule has 0 saturated carbocycles. The van der Waals surface area contributed by atoms with Gasteiger partial charge in [0, 0.05) is 19.0 Å². The highest BCUT2D eigenvalue weighted by atomic mass is 16.4. The van der Waals surface area contributed by atoms with E-state index < -0.39 is 5.97 Å². The zero-order chi connectivity index (χ0) is 10.1. The number of likely N-dealkylation sites (tertiary alicyclic amines) is 1. The smallest absolute Gasteiger partial charge is 0.308 e. The van der Waals surface area contributed by atoms with Crippen LogP contribution in [0.4, 0.5) is 0 Å². The maximum Gasteiger partial charge on any atom is 0.308 e. The summed E-state index contributed by atoms with van der Waals surface area (Å²) in [4.78, 5) is 13.0. The van der Waals surface area contributed by atoms with Crippen LogP contribution in [0.1, 0.15) is 11.7 Å². The number of carbonyl (C=O) groups is 1. The van der Waals surface area contributed by atoms with Crippen molar-refractivity contribution in [3.63, 3.8) is 0 Å². The quantitative estimate of drug-likeness (QED) is 0.765. The minimum atomic E-state index is -0.740. The van der Waals surface area contributed by atoms with Gasteiger partial charge in [0.05, 0.1) is 12.2 Å². The average molecular weight is 195 g/mol. The van der Waals surface area contributed by atoms with Gasteiger partial charge in [0.15, 0.2) is 0 Å². The second kappa shape index (κ2) is 3.46. The normalized spacial score (nSPS) is 28.1. The van der Waals surface area contributed by atoms with Crippen molar-refractivity contribution in [2.24, 2.45) is 5.92 Å². The first kappa shape index (κ1) is 9.27. The lowest BCUT2D eigenvalue weighted by atomic mass is 9.94. The lowest BCUT2D eigenvalue weighted by molar-refractivity contribution is -0.141. The molecule has 76 valence electrons. The first-order chi connectivity index (χ1) is 6.68. The third kappa shape index (κ3) is 1.53. The van der Waals surface area contributed by atoms with Gasteiger partial charge in [0.1, 0.15) is 5.76 Å². The second-order valence-corrected chi connectivity index (χ2v) is 3.79. The summed E-state index contributed by atoms with van der Waals surface area (Å²) in [5.74, 6) is -0.309. The lowest BCUT2D eigenvalue weighted by Crippen LogP contribution is -2.21. The predicted molar refractivity (Wildman–Crippen MR) is 50.1 cm³/mol. The van der Waals surface area contributed by atoms with Crippen LogP contribution in [0.2, 0.25) is 0 Å². The molecular weight excluding hydrogens is 182 g/mol. The number of hydrogen-bond donors (Lipinski definition) is 1. The second-order valence-electron chi connectivity index (χ2n) is 3.79. The van der Waals surface area contributed by atoms with Crippen molar-refractivity contribution < 1.29 is 14.3 Å². The summed E-state index contributed by atoms with van der Waals surface area (Å²) in [5.41, 5.74) is 0. The highest BCUT2D eigenvalue weighted by Gasteiger charge is 2.38. The average Bonchev–Trinajstić information content (AvgIpc) is 2.70. The van der Waals surface area contributed by atoms with E-state index in [1.54, 1.807) is 12.3 Å². The first-order valence-electron chi connectivity index (χ1n) is 4.63. The van der Waals surface area contributed by atoms with Crippen LogP contribution in [0.25, 0.3) is 0 Å². The molecular formula is C10H13NO3. The molecule has 1 aliphatic heterocycles. The summed E-state index contributed by atoms with van der Waals surface area (Å²) in [7, 11) is 1.93. The Balaban J connectivity index is 2.21. The Labute approximate surface area is 82.1 Å². The number of aliphatic carboxylic acids is 1. The molecule has 1 aliphatic rings. The van der Waals surface area contributed by atoms with Crippen LogP contribution < -0.4 is 0 Å². The van der Waals surface area contributed by atoms with Crippen LogP contribution in [0, 0.1) is 5.92 Å². The fourth-order valence-electron chi connectivity index (χ4n) is 2.04. The summed E-state index contributed by atoms with van der Waals surface area (Å²) >= 11 is 0. The Morgan fingerprint density at radius 2 is 2.43 bits per heavy atom. The molecule has 2 atom stereocenters. The molecule has 0 unspecified atom stereocenters. The van der Waals surface area contributed by atoms with Gasteiger partial charge in [0.25, 0.3) is 0 Å². The van der Waals surface area contributed by atoms with Crippen LogP contribution in [0.5, 0.6) is 0 Å². The first-order valence-corrected chi connectivity index (χ1v) is 4.63. The van der Waals surface area contributed by atoms with Crippen molar-refractivity contribution in [2.45, 2.75) is 5.92 Å². The van der Waals surface area contributed by atoms with Gasteiger partial charge in [-0.05, 0) is 19.2 Å². The minimum Gasteiger partial charge on any atom is -0.481 e. The van der Waals surface area contributed by atoms with E-state index in [9.17, 15) is 4.79 Å². The molecule has 0 aromatic carbocycles. The zero-order valence-electron chi connectivity index (χ0n) is 8.01. The van der Waals surface area contributed by atoms with E-state index in [-0.39, 0.29) is 11.8 Å². The van der Waals surface area contributed by atoms with Crippen molar-refractivity contribution in [1.29, 1.82) is 0 Å². The van der Waals surface area contributed by atoms with Crippen molar-refractivity contribution in [1.82, 2.24) is 4.90 Å². The van der Waals surface area contributed by atoms with E-state index in [0.717, 1.165) is 12.3 Å². The molecule has 0 aliphatic carbocycles. The molecule has 2 heterocycles.